The second-order valence-electron chi connectivity index (χ2n) is 5.42. The van der Waals surface area contributed by atoms with Gasteiger partial charge in [-0.25, -0.2) is 0 Å². The molecule has 26 heavy (non-hydrogen) atoms. The number of carbonyl (C=O) groups is 2. The fourth-order valence-corrected chi connectivity index (χ4v) is 2.66. The van der Waals surface area contributed by atoms with Gasteiger partial charge < -0.3 is 9.64 Å². The number of nitrogens with zero attached hydrogens (tertiary/aromatic N) is 1. The summed E-state index contributed by atoms with van der Waals surface area (Å²) in [4.78, 5) is 25.9. The van der Waals surface area contributed by atoms with Crippen molar-refractivity contribution in [2.75, 3.05) is 13.2 Å². The number of ether oxygens (including phenoxy) is 1. The first-order valence-corrected chi connectivity index (χ1v) is 8.83. The molecule has 0 aliphatic carbocycles. The van der Waals surface area contributed by atoms with Gasteiger partial charge in [-0.1, -0.05) is 48.0 Å². The maximum absolute atomic E-state index is 12.4. The molecule has 0 atom stereocenters. The SMILES string of the molecule is CCOC(=O)CN(Cc1ccccc1)C(=S)NC(=O)c1cccc(Cl)c1. The third-order valence-electron chi connectivity index (χ3n) is 3.44. The van der Waals surface area contributed by atoms with E-state index in [1.807, 2.05) is 30.3 Å². The normalized spacial score (nSPS) is 10.1. The van der Waals surface area contributed by atoms with Crippen LogP contribution in [0.1, 0.15) is 22.8 Å². The molecule has 0 heterocycles. The smallest absolute Gasteiger partial charge is 0.325 e. The van der Waals surface area contributed by atoms with Crippen molar-refractivity contribution >= 4 is 40.8 Å². The maximum atomic E-state index is 12.4. The van der Waals surface area contributed by atoms with Crippen LogP contribution in [0.25, 0.3) is 0 Å². The van der Waals surface area contributed by atoms with Crippen LogP contribution in [0, 0.1) is 0 Å². The summed E-state index contributed by atoms with van der Waals surface area (Å²) < 4.78 is 5.00. The Labute approximate surface area is 162 Å². The zero-order valence-electron chi connectivity index (χ0n) is 14.3. The van der Waals surface area contributed by atoms with Crippen LogP contribution < -0.4 is 5.32 Å². The molecule has 2 aromatic carbocycles. The zero-order chi connectivity index (χ0) is 18.9. The Kier molecular flexibility index (Phi) is 7.56. The van der Waals surface area contributed by atoms with Crippen LogP contribution in [0.4, 0.5) is 0 Å². The molecule has 0 fully saturated rings. The van der Waals surface area contributed by atoms with Crippen LogP contribution in [0.5, 0.6) is 0 Å². The summed E-state index contributed by atoms with van der Waals surface area (Å²) in [6.45, 7) is 2.32. The summed E-state index contributed by atoms with van der Waals surface area (Å²) in [7, 11) is 0. The third-order valence-corrected chi connectivity index (χ3v) is 4.03. The molecule has 0 aliphatic heterocycles. The molecule has 2 rings (SSSR count). The van der Waals surface area contributed by atoms with Crippen molar-refractivity contribution < 1.29 is 14.3 Å². The first kappa shape index (κ1) is 19.9. The first-order valence-electron chi connectivity index (χ1n) is 8.05. The Hall–Kier alpha value is -2.44. The molecule has 0 unspecified atom stereocenters. The monoisotopic (exact) mass is 390 g/mol. The average molecular weight is 391 g/mol. The van der Waals surface area contributed by atoms with Gasteiger partial charge in [0.1, 0.15) is 6.54 Å². The fourth-order valence-electron chi connectivity index (χ4n) is 2.24. The van der Waals surface area contributed by atoms with Crippen molar-refractivity contribution in [3.8, 4) is 0 Å². The molecule has 0 aromatic heterocycles. The Morgan fingerprint density at radius 1 is 1.15 bits per heavy atom. The second kappa shape index (κ2) is 9.89. The Balaban J connectivity index is 2.10. The third kappa shape index (κ3) is 6.13. The predicted molar refractivity (Wildman–Crippen MR) is 105 cm³/mol. The molecule has 0 aliphatic rings. The number of benzene rings is 2. The molecule has 0 spiro atoms. The number of thiocarbonyl (C=S) groups is 1. The molecule has 5 nitrogen and oxygen atoms in total. The van der Waals surface area contributed by atoms with E-state index in [0.717, 1.165) is 5.56 Å². The number of hydrogen-bond donors (Lipinski definition) is 1. The molecule has 1 amide bonds. The van der Waals surface area contributed by atoms with E-state index in [1.165, 1.54) is 0 Å². The number of amides is 1. The van der Waals surface area contributed by atoms with Crippen molar-refractivity contribution in [3.63, 3.8) is 0 Å². The molecule has 7 heteroatoms. The van der Waals surface area contributed by atoms with Gasteiger partial charge in [0.05, 0.1) is 6.61 Å². The molecule has 136 valence electrons. The quantitative estimate of drug-likeness (QED) is 0.605. The summed E-state index contributed by atoms with van der Waals surface area (Å²) in [5, 5.41) is 3.24. The highest BCUT2D eigenvalue weighted by atomic mass is 35.5. The predicted octanol–water partition coefficient (Wildman–Crippen LogP) is 3.42. The lowest BCUT2D eigenvalue weighted by Crippen LogP contribution is -2.44. The summed E-state index contributed by atoms with van der Waals surface area (Å²) >= 11 is 11.3. The van der Waals surface area contributed by atoms with E-state index in [4.69, 9.17) is 28.6 Å². The van der Waals surface area contributed by atoms with Gasteiger partial charge in [-0.05, 0) is 42.9 Å². The number of carbonyl (C=O) groups excluding carboxylic acids is 2. The molecule has 0 saturated heterocycles. The molecule has 0 radical (unpaired) electrons. The van der Waals surface area contributed by atoms with Gasteiger partial charge in [0.2, 0.25) is 0 Å². The van der Waals surface area contributed by atoms with Crippen molar-refractivity contribution in [2.24, 2.45) is 0 Å². The van der Waals surface area contributed by atoms with Gasteiger partial charge in [-0.2, -0.15) is 0 Å². The highest BCUT2D eigenvalue weighted by Crippen LogP contribution is 2.11. The molecule has 0 saturated carbocycles. The Morgan fingerprint density at radius 3 is 2.54 bits per heavy atom. The topological polar surface area (TPSA) is 58.6 Å². The maximum Gasteiger partial charge on any atom is 0.325 e. The van der Waals surface area contributed by atoms with Crippen LogP contribution in [0.3, 0.4) is 0 Å². The first-order chi connectivity index (χ1) is 12.5. The van der Waals surface area contributed by atoms with E-state index in [0.29, 0.717) is 17.1 Å². The van der Waals surface area contributed by atoms with Gasteiger partial charge in [0, 0.05) is 17.1 Å². The average Bonchev–Trinajstić information content (AvgIpc) is 2.62. The Bertz CT molecular complexity index is 783. The van der Waals surface area contributed by atoms with Crippen LogP contribution in [0.2, 0.25) is 5.02 Å². The van der Waals surface area contributed by atoms with Gasteiger partial charge in [0.15, 0.2) is 5.11 Å². The summed E-state index contributed by atoms with van der Waals surface area (Å²) in [5.74, 6) is -0.804. The summed E-state index contributed by atoms with van der Waals surface area (Å²) in [5.41, 5.74) is 1.34. The van der Waals surface area contributed by atoms with E-state index in [-0.39, 0.29) is 24.2 Å². The molecule has 1 N–H and O–H groups in total. The molecular weight excluding hydrogens is 372 g/mol. The largest absolute Gasteiger partial charge is 0.465 e. The minimum atomic E-state index is -0.414. The van der Waals surface area contributed by atoms with E-state index in [9.17, 15) is 9.59 Å². The number of halogens is 1. The van der Waals surface area contributed by atoms with Gasteiger partial charge in [-0.15, -0.1) is 0 Å². The van der Waals surface area contributed by atoms with E-state index >= 15 is 0 Å². The highest BCUT2D eigenvalue weighted by Gasteiger charge is 2.18. The highest BCUT2D eigenvalue weighted by molar-refractivity contribution is 7.80. The van der Waals surface area contributed by atoms with Gasteiger partial charge in [0.25, 0.3) is 5.91 Å². The Morgan fingerprint density at radius 2 is 1.88 bits per heavy atom. The van der Waals surface area contributed by atoms with Crippen molar-refractivity contribution in [1.29, 1.82) is 0 Å². The molecule has 2 aromatic rings. The second-order valence-corrected chi connectivity index (χ2v) is 6.24. The van der Waals surface area contributed by atoms with Crippen LogP contribution in [-0.2, 0) is 16.1 Å². The number of esters is 1. The van der Waals surface area contributed by atoms with Crippen LogP contribution >= 0.6 is 23.8 Å². The lowest BCUT2D eigenvalue weighted by molar-refractivity contribution is -0.143. The van der Waals surface area contributed by atoms with Crippen LogP contribution in [0.15, 0.2) is 54.6 Å². The molecule has 0 bridgehead atoms. The fraction of sp³-hybridized carbons (Fsp3) is 0.211. The van der Waals surface area contributed by atoms with Crippen molar-refractivity contribution in [3.05, 3.63) is 70.7 Å². The minimum Gasteiger partial charge on any atom is -0.465 e. The summed E-state index contributed by atoms with van der Waals surface area (Å²) in [6.07, 6.45) is 0. The lowest BCUT2D eigenvalue weighted by Gasteiger charge is -2.24. The standard InChI is InChI=1S/C19H19ClN2O3S/c1-2-25-17(23)13-22(12-14-7-4-3-5-8-14)19(26)21-18(24)15-9-6-10-16(20)11-15/h3-11H,2,12-13H2,1H3,(H,21,24,26). The van der Waals surface area contributed by atoms with Gasteiger partial charge in [-0.3, -0.25) is 14.9 Å². The van der Waals surface area contributed by atoms with Crippen molar-refractivity contribution in [2.45, 2.75) is 13.5 Å². The summed E-state index contributed by atoms with van der Waals surface area (Å²) in [6, 6.07) is 16.1. The van der Waals surface area contributed by atoms with Crippen LogP contribution in [-0.4, -0.2) is 35.0 Å². The molecular formula is C19H19ClN2O3S. The number of hydrogen-bond acceptors (Lipinski definition) is 4. The van der Waals surface area contributed by atoms with E-state index in [1.54, 1.807) is 36.1 Å². The van der Waals surface area contributed by atoms with E-state index in [2.05, 4.69) is 5.32 Å². The number of rotatable bonds is 6. The number of nitrogens with one attached hydrogen (secondary N) is 1. The zero-order valence-corrected chi connectivity index (χ0v) is 15.8. The van der Waals surface area contributed by atoms with Crippen molar-refractivity contribution in [1.82, 2.24) is 10.2 Å². The minimum absolute atomic E-state index is 0.0581. The van der Waals surface area contributed by atoms with Gasteiger partial charge >= 0.3 is 5.97 Å². The van der Waals surface area contributed by atoms with E-state index < -0.39 is 5.97 Å². The lowest BCUT2D eigenvalue weighted by atomic mass is 10.2.